The second-order valence-electron chi connectivity index (χ2n) is 3.41. The summed E-state index contributed by atoms with van der Waals surface area (Å²) in [6.45, 7) is 4.33. The van der Waals surface area contributed by atoms with Crippen LogP contribution in [0.3, 0.4) is 0 Å². The number of hydrogen-bond donors (Lipinski definition) is 2. The van der Waals surface area contributed by atoms with E-state index in [0.717, 1.165) is 5.57 Å². The molecule has 0 aliphatic rings. The van der Waals surface area contributed by atoms with Gasteiger partial charge in [-0.15, -0.1) is 0 Å². The van der Waals surface area contributed by atoms with Crippen molar-refractivity contribution in [1.29, 1.82) is 0 Å². The number of rotatable bonds is 3. The molecule has 1 rings (SSSR count). The van der Waals surface area contributed by atoms with Crippen molar-refractivity contribution < 1.29 is 4.79 Å². The van der Waals surface area contributed by atoms with Crippen molar-refractivity contribution in [3.05, 3.63) is 45.9 Å². The number of pyridine rings is 1. The highest BCUT2D eigenvalue weighted by Crippen LogP contribution is 1.89. The molecule has 2 N–H and O–H groups in total. The first-order chi connectivity index (χ1) is 7.11. The average molecular weight is 206 g/mol. The van der Waals surface area contributed by atoms with Crippen LogP contribution in [0.25, 0.3) is 0 Å². The Kier molecular flexibility index (Phi) is 3.85. The molecule has 0 unspecified atom stereocenters. The SMILES string of the molecule is CC(C)=CCNC(=O)c1c[nH]ccc1=O. The van der Waals surface area contributed by atoms with Crippen molar-refractivity contribution in [2.45, 2.75) is 13.8 Å². The van der Waals surface area contributed by atoms with Gasteiger partial charge in [-0.1, -0.05) is 11.6 Å². The van der Waals surface area contributed by atoms with Crippen LogP contribution in [-0.4, -0.2) is 17.4 Å². The van der Waals surface area contributed by atoms with Gasteiger partial charge in [0.2, 0.25) is 0 Å². The second-order valence-corrected chi connectivity index (χ2v) is 3.41. The van der Waals surface area contributed by atoms with Crippen LogP contribution in [0, 0.1) is 0 Å². The summed E-state index contributed by atoms with van der Waals surface area (Å²) < 4.78 is 0. The second kappa shape index (κ2) is 5.14. The van der Waals surface area contributed by atoms with E-state index in [1.165, 1.54) is 18.5 Å². The summed E-state index contributed by atoms with van der Waals surface area (Å²) in [5.41, 5.74) is 0.986. The summed E-state index contributed by atoms with van der Waals surface area (Å²) in [7, 11) is 0. The van der Waals surface area contributed by atoms with E-state index < -0.39 is 0 Å². The van der Waals surface area contributed by atoms with Crippen LogP contribution in [0.15, 0.2) is 34.9 Å². The normalized spacial score (nSPS) is 9.47. The van der Waals surface area contributed by atoms with Crippen LogP contribution in [0.5, 0.6) is 0 Å². The van der Waals surface area contributed by atoms with Crippen molar-refractivity contribution in [2.75, 3.05) is 6.54 Å². The number of hydrogen-bond acceptors (Lipinski definition) is 2. The van der Waals surface area contributed by atoms with E-state index >= 15 is 0 Å². The molecule has 1 aromatic rings. The van der Waals surface area contributed by atoms with Crippen LogP contribution >= 0.6 is 0 Å². The van der Waals surface area contributed by atoms with Crippen molar-refractivity contribution in [1.82, 2.24) is 10.3 Å². The molecule has 0 spiro atoms. The van der Waals surface area contributed by atoms with Gasteiger partial charge in [0.05, 0.1) is 0 Å². The fraction of sp³-hybridized carbons (Fsp3) is 0.273. The van der Waals surface area contributed by atoms with E-state index in [1.807, 2.05) is 19.9 Å². The number of nitrogens with one attached hydrogen (secondary N) is 2. The van der Waals surface area contributed by atoms with Gasteiger partial charge in [0.15, 0.2) is 5.43 Å². The number of amides is 1. The zero-order valence-electron chi connectivity index (χ0n) is 8.83. The monoisotopic (exact) mass is 206 g/mol. The Labute approximate surface area is 88.0 Å². The van der Waals surface area contributed by atoms with Gasteiger partial charge in [-0.25, -0.2) is 0 Å². The highest BCUT2D eigenvalue weighted by Gasteiger charge is 2.07. The lowest BCUT2D eigenvalue weighted by molar-refractivity contribution is 0.0956. The molecule has 0 aromatic carbocycles. The predicted molar refractivity (Wildman–Crippen MR) is 58.8 cm³/mol. The largest absolute Gasteiger partial charge is 0.367 e. The molecule has 1 amide bonds. The summed E-state index contributed by atoms with van der Waals surface area (Å²) in [6, 6.07) is 1.33. The van der Waals surface area contributed by atoms with Crippen LogP contribution in [0.2, 0.25) is 0 Å². The van der Waals surface area contributed by atoms with E-state index in [0.29, 0.717) is 6.54 Å². The van der Waals surface area contributed by atoms with Gasteiger partial charge in [0.1, 0.15) is 5.56 Å². The first-order valence-electron chi connectivity index (χ1n) is 4.70. The number of aromatic amines is 1. The molecule has 1 aromatic heterocycles. The highest BCUT2D eigenvalue weighted by molar-refractivity contribution is 5.93. The summed E-state index contributed by atoms with van der Waals surface area (Å²) in [5, 5.41) is 2.64. The van der Waals surface area contributed by atoms with Crippen LogP contribution in [-0.2, 0) is 0 Å². The molecule has 4 heteroatoms. The predicted octanol–water partition coefficient (Wildman–Crippen LogP) is 1.07. The molecule has 0 radical (unpaired) electrons. The van der Waals surface area contributed by atoms with Gasteiger partial charge in [0, 0.05) is 25.0 Å². The Morgan fingerprint density at radius 2 is 2.27 bits per heavy atom. The third-order valence-corrected chi connectivity index (χ3v) is 1.84. The van der Waals surface area contributed by atoms with Crippen LogP contribution in [0.4, 0.5) is 0 Å². The number of carbonyl (C=O) groups excluding carboxylic acids is 1. The summed E-state index contributed by atoms with van der Waals surface area (Å²) >= 11 is 0. The quantitative estimate of drug-likeness (QED) is 0.727. The van der Waals surface area contributed by atoms with Gasteiger partial charge < -0.3 is 10.3 Å². The molecule has 0 atom stereocenters. The standard InChI is InChI=1S/C11H14N2O2/c1-8(2)3-6-13-11(15)9-7-12-5-4-10(9)14/h3-5,7H,6H2,1-2H3,(H,12,14)(H,13,15). The van der Waals surface area contributed by atoms with Crippen molar-refractivity contribution in [3.8, 4) is 0 Å². The van der Waals surface area contributed by atoms with Gasteiger partial charge in [-0.05, 0) is 13.8 Å². The minimum atomic E-state index is -0.352. The number of carbonyl (C=O) groups is 1. The minimum absolute atomic E-state index is 0.139. The zero-order valence-corrected chi connectivity index (χ0v) is 8.83. The van der Waals surface area contributed by atoms with Gasteiger partial charge in [0.25, 0.3) is 5.91 Å². The first-order valence-corrected chi connectivity index (χ1v) is 4.70. The molecule has 0 fully saturated rings. The lowest BCUT2D eigenvalue weighted by Crippen LogP contribution is -2.28. The van der Waals surface area contributed by atoms with Gasteiger partial charge in [-0.3, -0.25) is 9.59 Å². The molecule has 0 bridgehead atoms. The van der Waals surface area contributed by atoms with Crippen molar-refractivity contribution in [2.24, 2.45) is 0 Å². The van der Waals surface area contributed by atoms with Crippen LogP contribution < -0.4 is 10.7 Å². The topological polar surface area (TPSA) is 62.0 Å². The molecular weight excluding hydrogens is 192 g/mol. The molecule has 0 saturated heterocycles. The number of aromatic nitrogens is 1. The Balaban J connectivity index is 2.67. The fourth-order valence-electron chi connectivity index (χ4n) is 1.04. The minimum Gasteiger partial charge on any atom is -0.367 e. The molecule has 4 nitrogen and oxygen atoms in total. The Bertz CT molecular complexity index is 428. The molecule has 80 valence electrons. The zero-order chi connectivity index (χ0) is 11.3. The Morgan fingerprint density at radius 3 is 2.87 bits per heavy atom. The lowest BCUT2D eigenvalue weighted by Gasteiger charge is -2.01. The van der Waals surface area contributed by atoms with Crippen molar-refractivity contribution >= 4 is 5.91 Å². The molecule has 15 heavy (non-hydrogen) atoms. The Morgan fingerprint density at radius 1 is 1.53 bits per heavy atom. The maximum absolute atomic E-state index is 11.5. The van der Waals surface area contributed by atoms with Crippen LogP contribution in [0.1, 0.15) is 24.2 Å². The fourth-order valence-corrected chi connectivity index (χ4v) is 1.04. The summed E-state index contributed by atoms with van der Waals surface area (Å²) in [6.07, 6.45) is 4.78. The lowest BCUT2D eigenvalue weighted by atomic mass is 10.2. The smallest absolute Gasteiger partial charge is 0.256 e. The summed E-state index contributed by atoms with van der Waals surface area (Å²) in [4.78, 5) is 25.5. The molecule has 0 saturated carbocycles. The highest BCUT2D eigenvalue weighted by atomic mass is 16.2. The first kappa shape index (κ1) is 11.2. The Hall–Kier alpha value is -1.84. The molecule has 0 aliphatic heterocycles. The van der Waals surface area contributed by atoms with E-state index in [9.17, 15) is 9.59 Å². The molecule has 1 heterocycles. The van der Waals surface area contributed by atoms with E-state index in [1.54, 1.807) is 0 Å². The third-order valence-electron chi connectivity index (χ3n) is 1.84. The number of H-pyrrole nitrogens is 1. The molecular formula is C11H14N2O2. The van der Waals surface area contributed by atoms with Gasteiger partial charge in [-0.2, -0.15) is 0 Å². The van der Waals surface area contributed by atoms with Crippen molar-refractivity contribution in [3.63, 3.8) is 0 Å². The molecule has 0 aliphatic carbocycles. The van der Waals surface area contributed by atoms with Gasteiger partial charge >= 0.3 is 0 Å². The van der Waals surface area contributed by atoms with E-state index in [4.69, 9.17) is 0 Å². The summed E-state index contributed by atoms with van der Waals surface area (Å²) in [5.74, 6) is -0.352. The van der Waals surface area contributed by atoms with E-state index in [2.05, 4.69) is 10.3 Å². The maximum Gasteiger partial charge on any atom is 0.256 e. The van der Waals surface area contributed by atoms with E-state index in [-0.39, 0.29) is 16.9 Å². The average Bonchev–Trinajstić information content (AvgIpc) is 2.17. The third kappa shape index (κ3) is 3.42. The maximum atomic E-state index is 11.5. The number of allylic oxidation sites excluding steroid dienone is 1.